The summed E-state index contributed by atoms with van der Waals surface area (Å²) >= 11 is 0. The van der Waals surface area contributed by atoms with E-state index in [1.807, 2.05) is 0 Å². The van der Waals surface area contributed by atoms with Crippen molar-refractivity contribution in [2.45, 2.75) is 6.54 Å². The van der Waals surface area contributed by atoms with Crippen molar-refractivity contribution in [1.29, 1.82) is 0 Å². The van der Waals surface area contributed by atoms with Gasteiger partial charge in [-0.25, -0.2) is 9.37 Å². The van der Waals surface area contributed by atoms with Gasteiger partial charge in [-0.2, -0.15) is 0 Å². The lowest BCUT2D eigenvalue weighted by atomic mass is 10.2. The highest BCUT2D eigenvalue weighted by molar-refractivity contribution is 5.92. The summed E-state index contributed by atoms with van der Waals surface area (Å²) in [7, 11) is 0. The van der Waals surface area contributed by atoms with Gasteiger partial charge in [0.2, 0.25) is 0 Å². The molecule has 0 bridgehead atoms. The number of rotatable bonds is 3. The minimum absolute atomic E-state index is 0.0693. The van der Waals surface area contributed by atoms with Crippen LogP contribution in [-0.2, 0) is 6.54 Å². The van der Waals surface area contributed by atoms with E-state index in [0.717, 1.165) is 0 Å². The van der Waals surface area contributed by atoms with Crippen LogP contribution < -0.4 is 10.9 Å². The van der Waals surface area contributed by atoms with Crippen LogP contribution in [0, 0.1) is 5.82 Å². The first-order valence-corrected chi connectivity index (χ1v) is 6.65. The molecule has 2 N–H and O–H groups in total. The Morgan fingerprint density at radius 2 is 2.00 bits per heavy atom. The molecule has 0 saturated carbocycles. The lowest BCUT2D eigenvalue weighted by molar-refractivity contribution is 0.0940. The van der Waals surface area contributed by atoms with E-state index in [1.54, 1.807) is 36.4 Å². The number of carbonyl (C=O) groups excluding carboxylic acids is 1. The third-order valence-electron chi connectivity index (χ3n) is 3.17. The highest BCUT2D eigenvalue weighted by atomic mass is 19.1. The minimum atomic E-state index is -0.521. The molecule has 6 heteroatoms. The van der Waals surface area contributed by atoms with Crippen LogP contribution in [0.4, 0.5) is 4.39 Å². The van der Waals surface area contributed by atoms with Crippen molar-refractivity contribution in [1.82, 2.24) is 15.3 Å². The van der Waals surface area contributed by atoms with Crippen molar-refractivity contribution in [2.75, 3.05) is 0 Å². The summed E-state index contributed by atoms with van der Waals surface area (Å²) in [6.07, 6.45) is 0. The number of nitrogens with one attached hydrogen (secondary N) is 2. The van der Waals surface area contributed by atoms with Crippen molar-refractivity contribution in [3.8, 4) is 0 Å². The molecular formula is C16H12FN3O2. The van der Waals surface area contributed by atoms with Crippen molar-refractivity contribution in [2.24, 2.45) is 0 Å². The van der Waals surface area contributed by atoms with Gasteiger partial charge in [-0.1, -0.05) is 24.3 Å². The maximum Gasteiger partial charge on any atom is 0.287 e. The summed E-state index contributed by atoms with van der Waals surface area (Å²) in [6.45, 7) is 0.146. The molecule has 0 fully saturated rings. The van der Waals surface area contributed by atoms with Gasteiger partial charge in [0.25, 0.3) is 11.5 Å². The second-order valence-electron chi connectivity index (χ2n) is 4.74. The fourth-order valence-electron chi connectivity index (χ4n) is 2.11. The number of H-pyrrole nitrogens is 1. The summed E-state index contributed by atoms with van der Waals surface area (Å²) in [5, 5.41) is 3.02. The fourth-order valence-corrected chi connectivity index (χ4v) is 2.11. The number of benzene rings is 2. The molecule has 0 radical (unpaired) electrons. The van der Waals surface area contributed by atoms with Gasteiger partial charge in [0.15, 0.2) is 5.82 Å². The smallest absolute Gasteiger partial charge is 0.287 e. The molecule has 0 unspecified atom stereocenters. The van der Waals surface area contributed by atoms with Crippen LogP contribution in [0.1, 0.15) is 16.2 Å². The van der Waals surface area contributed by atoms with Gasteiger partial charge in [-0.3, -0.25) is 9.59 Å². The lowest BCUT2D eigenvalue weighted by Gasteiger charge is -2.05. The third kappa shape index (κ3) is 2.85. The first-order valence-electron chi connectivity index (χ1n) is 6.65. The topological polar surface area (TPSA) is 74.8 Å². The van der Waals surface area contributed by atoms with Crippen LogP contribution in [-0.4, -0.2) is 15.9 Å². The predicted molar refractivity (Wildman–Crippen MR) is 79.9 cm³/mol. The SMILES string of the molecule is O=C(NCc1cccc(F)c1)c1nc2ccccc2c(=O)[nH]1. The van der Waals surface area contributed by atoms with E-state index >= 15 is 0 Å². The van der Waals surface area contributed by atoms with E-state index in [-0.39, 0.29) is 23.7 Å². The molecule has 0 saturated heterocycles. The van der Waals surface area contributed by atoms with Crippen LogP contribution in [0.25, 0.3) is 10.9 Å². The number of amides is 1. The summed E-state index contributed by atoms with van der Waals surface area (Å²) in [5.41, 5.74) is 0.695. The molecule has 0 spiro atoms. The zero-order chi connectivity index (χ0) is 15.5. The van der Waals surface area contributed by atoms with Gasteiger partial charge in [-0.05, 0) is 29.8 Å². The summed E-state index contributed by atoms with van der Waals surface area (Å²) < 4.78 is 13.1. The lowest BCUT2D eigenvalue weighted by Crippen LogP contribution is -2.27. The van der Waals surface area contributed by atoms with E-state index in [2.05, 4.69) is 15.3 Å². The number of carbonyl (C=O) groups is 1. The number of para-hydroxylation sites is 1. The Bertz CT molecular complexity index is 905. The maximum atomic E-state index is 13.1. The molecule has 5 nitrogen and oxygen atoms in total. The molecule has 0 aliphatic carbocycles. The molecule has 3 aromatic rings. The molecule has 110 valence electrons. The zero-order valence-corrected chi connectivity index (χ0v) is 11.5. The van der Waals surface area contributed by atoms with Gasteiger partial charge in [0.05, 0.1) is 10.9 Å². The normalized spacial score (nSPS) is 10.6. The van der Waals surface area contributed by atoms with Gasteiger partial charge < -0.3 is 10.3 Å². The van der Waals surface area contributed by atoms with Gasteiger partial charge in [0, 0.05) is 6.54 Å². The number of nitrogens with zero attached hydrogens (tertiary/aromatic N) is 1. The average molecular weight is 297 g/mol. The molecule has 1 aromatic heterocycles. The van der Waals surface area contributed by atoms with Crippen LogP contribution in [0.15, 0.2) is 53.3 Å². The number of aromatic amines is 1. The minimum Gasteiger partial charge on any atom is -0.345 e. The zero-order valence-electron chi connectivity index (χ0n) is 11.5. The van der Waals surface area contributed by atoms with Crippen molar-refractivity contribution in [3.63, 3.8) is 0 Å². The first kappa shape index (κ1) is 13.9. The fraction of sp³-hybridized carbons (Fsp3) is 0.0625. The molecule has 3 rings (SSSR count). The standard InChI is InChI=1S/C16H12FN3O2/c17-11-5-3-4-10(8-11)9-18-16(22)14-19-13-7-2-1-6-12(13)15(21)20-14/h1-8H,9H2,(H,18,22)(H,19,20,21). The van der Waals surface area contributed by atoms with Gasteiger partial charge in [-0.15, -0.1) is 0 Å². The van der Waals surface area contributed by atoms with E-state index < -0.39 is 5.91 Å². The number of hydrogen-bond acceptors (Lipinski definition) is 3. The van der Waals surface area contributed by atoms with Crippen LogP contribution >= 0.6 is 0 Å². The molecule has 1 amide bonds. The Morgan fingerprint density at radius 3 is 2.82 bits per heavy atom. The Kier molecular flexibility index (Phi) is 3.65. The Hall–Kier alpha value is -3.02. The summed E-state index contributed by atoms with van der Waals surface area (Å²) in [6, 6.07) is 12.7. The third-order valence-corrected chi connectivity index (χ3v) is 3.17. The summed E-state index contributed by atoms with van der Waals surface area (Å²) in [4.78, 5) is 30.5. The Balaban J connectivity index is 1.82. The molecular weight excluding hydrogens is 285 g/mol. The van der Waals surface area contributed by atoms with E-state index in [4.69, 9.17) is 0 Å². The highest BCUT2D eigenvalue weighted by Gasteiger charge is 2.11. The van der Waals surface area contributed by atoms with Crippen LogP contribution in [0.5, 0.6) is 0 Å². The molecule has 1 heterocycles. The number of halogens is 1. The molecule has 0 aliphatic heterocycles. The first-order chi connectivity index (χ1) is 10.6. The number of hydrogen-bond donors (Lipinski definition) is 2. The van der Waals surface area contributed by atoms with Crippen LogP contribution in [0.2, 0.25) is 0 Å². The summed E-state index contributed by atoms with van der Waals surface area (Å²) in [5.74, 6) is -0.962. The second kappa shape index (κ2) is 5.77. The highest BCUT2D eigenvalue weighted by Crippen LogP contribution is 2.06. The van der Waals surface area contributed by atoms with E-state index in [9.17, 15) is 14.0 Å². The van der Waals surface area contributed by atoms with E-state index in [0.29, 0.717) is 16.5 Å². The monoisotopic (exact) mass is 297 g/mol. The predicted octanol–water partition coefficient (Wildman–Crippen LogP) is 1.99. The van der Waals surface area contributed by atoms with Crippen LogP contribution in [0.3, 0.4) is 0 Å². The number of aromatic nitrogens is 2. The Morgan fingerprint density at radius 1 is 1.18 bits per heavy atom. The Labute approximate surface area is 124 Å². The number of fused-ring (bicyclic) bond motifs is 1. The van der Waals surface area contributed by atoms with Crippen molar-refractivity contribution >= 4 is 16.8 Å². The van der Waals surface area contributed by atoms with E-state index in [1.165, 1.54) is 12.1 Å². The molecule has 0 atom stereocenters. The molecule has 22 heavy (non-hydrogen) atoms. The maximum absolute atomic E-state index is 13.1. The van der Waals surface area contributed by atoms with Crippen molar-refractivity contribution < 1.29 is 9.18 Å². The molecule has 0 aliphatic rings. The average Bonchev–Trinajstić information content (AvgIpc) is 2.52. The quantitative estimate of drug-likeness (QED) is 0.776. The molecule has 2 aromatic carbocycles. The second-order valence-corrected chi connectivity index (χ2v) is 4.74. The van der Waals surface area contributed by atoms with Crippen molar-refractivity contribution in [3.05, 3.63) is 76.1 Å². The van der Waals surface area contributed by atoms with Gasteiger partial charge in [0.1, 0.15) is 5.82 Å². The largest absolute Gasteiger partial charge is 0.345 e. The van der Waals surface area contributed by atoms with Gasteiger partial charge >= 0.3 is 0 Å².